The molecule has 5 nitrogen and oxygen atoms in total. The zero-order valence-electron chi connectivity index (χ0n) is 11.3. The van der Waals surface area contributed by atoms with E-state index in [1.807, 2.05) is 13.8 Å². The van der Waals surface area contributed by atoms with Gasteiger partial charge in [-0.2, -0.15) is 0 Å². The monoisotopic (exact) mass is 261 g/mol. The number of amides is 2. The minimum Gasteiger partial charge on any atom is -0.398 e. The predicted octanol–water partition coefficient (Wildman–Crippen LogP) is 1.38. The van der Waals surface area contributed by atoms with Crippen LogP contribution < -0.4 is 11.1 Å². The number of carbonyl (C=O) groups is 2. The first-order chi connectivity index (χ1) is 8.97. The molecular weight excluding hydrogens is 242 g/mol. The Balaban J connectivity index is 1.98. The lowest BCUT2D eigenvalue weighted by molar-refractivity contribution is -0.131. The zero-order chi connectivity index (χ0) is 14.0. The smallest absolute Gasteiger partial charge is 0.244 e. The van der Waals surface area contributed by atoms with Crippen molar-refractivity contribution in [3.8, 4) is 0 Å². The fraction of sp³-hybridized carbons (Fsp3) is 0.429. The van der Waals surface area contributed by atoms with E-state index in [0.29, 0.717) is 30.3 Å². The van der Waals surface area contributed by atoms with Crippen molar-refractivity contribution in [1.29, 1.82) is 0 Å². The highest BCUT2D eigenvalue weighted by Crippen LogP contribution is 2.21. The van der Waals surface area contributed by atoms with Gasteiger partial charge < -0.3 is 16.0 Å². The highest BCUT2D eigenvalue weighted by Gasteiger charge is 2.27. The molecule has 0 aromatic heterocycles. The van der Waals surface area contributed by atoms with Crippen molar-refractivity contribution >= 4 is 23.2 Å². The third kappa shape index (κ3) is 3.05. The summed E-state index contributed by atoms with van der Waals surface area (Å²) in [5.41, 5.74) is 7.97. The standard InChI is InChI=1S/C14H19N3O2/c1-9-6-14(19)17(7-9)8-13(18)16-12-5-3-4-11(15)10(12)2/h3-5,9H,6-8,15H2,1-2H3,(H,16,18). The summed E-state index contributed by atoms with van der Waals surface area (Å²) in [6, 6.07) is 5.38. The zero-order valence-corrected chi connectivity index (χ0v) is 11.3. The summed E-state index contributed by atoms with van der Waals surface area (Å²) in [5.74, 6) is 0.192. The van der Waals surface area contributed by atoms with Crippen LogP contribution in [-0.4, -0.2) is 29.8 Å². The lowest BCUT2D eigenvalue weighted by atomic mass is 10.1. The first-order valence-corrected chi connectivity index (χ1v) is 6.40. The molecule has 1 aromatic carbocycles. The van der Waals surface area contributed by atoms with E-state index in [-0.39, 0.29) is 18.4 Å². The van der Waals surface area contributed by atoms with Gasteiger partial charge in [-0.15, -0.1) is 0 Å². The van der Waals surface area contributed by atoms with Crippen LogP contribution in [0.5, 0.6) is 0 Å². The molecule has 0 aliphatic carbocycles. The lowest BCUT2D eigenvalue weighted by Crippen LogP contribution is -2.34. The third-order valence-electron chi connectivity index (χ3n) is 3.39. The minimum absolute atomic E-state index is 0.0481. The van der Waals surface area contributed by atoms with Crippen LogP contribution >= 0.6 is 0 Å². The highest BCUT2D eigenvalue weighted by molar-refractivity contribution is 5.96. The number of rotatable bonds is 3. The second kappa shape index (κ2) is 5.30. The van der Waals surface area contributed by atoms with Gasteiger partial charge in [0.05, 0.1) is 6.54 Å². The summed E-state index contributed by atoms with van der Waals surface area (Å²) in [4.78, 5) is 25.2. The lowest BCUT2D eigenvalue weighted by Gasteiger charge is -2.16. The van der Waals surface area contributed by atoms with Crippen molar-refractivity contribution in [2.24, 2.45) is 5.92 Å². The van der Waals surface area contributed by atoms with Gasteiger partial charge in [0, 0.05) is 24.3 Å². The maximum absolute atomic E-state index is 11.9. The minimum atomic E-state index is -0.184. The Hall–Kier alpha value is -2.04. The second-order valence-corrected chi connectivity index (χ2v) is 5.15. The molecule has 19 heavy (non-hydrogen) atoms. The van der Waals surface area contributed by atoms with E-state index in [9.17, 15) is 9.59 Å². The van der Waals surface area contributed by atoms with Gasteiger partial charge in [-0.3, -0.25) is 9.59 Å². The number of hydrogen-bond acceptors (Lipinski definition) is 3. The maximum Gasteiger partial charge on any atom is 0.244 e. The van der Waals surface area contributed by atoms with Gasteiger partial charge in [-0.25, -0.2) is 0 Å². The van der Waals surface area contributed by atoms with Gasteiger partial charge in [-0.1, -0.05) is 13.0 Å². The van der Waals surface area contributed by atoms with Gasteiger partial charge in [0.15, 0.2) is 0 Å². The number of likely N-dealkylation sites (tertiary alicyclic amines) is 1. The van der Waals surface area contributed by atoms with Crippen molar-refractivity contribution in [3.05, 3.63) is 23.8 Å². The Morgan fingerprint density at radius 1 is 1.53 bits per heavy atom. The van der Waals surface area contributed by atoms with Crippen LogP contribution in [0.4, 0.5) is 11.4 Å². The SMILES string of the molecule is Cc1c(N)cccc1NC(=O)CN1CC(C)CC1=O. The molecule has 1 unspecified atom stereocenters. The van der Waals surface area contributed by atoms with Gasteiger partial charge in [0.25, 0.3) is 0 Å². The fourth-order valence-corrected chi connectivity index (χ4v) is 2.27. The molecule has 3 N–H and O–H groups in total. The molecule has 102 valence electrons. The molecule has 1 aliphatic rings. The third-order valence-corrected chi connectivity index (χ3v) is 3.39. The van der Waals surface area contributed by atoms with Crippen molar-refractivity contribution in [1.82, 2.24) is 4.90 Å². The quantitative estimate of drug-likeness (QED) is 0.807. The van der Waals surface area contributed by atoms with Crippen LogP contribution in [0.1, 0.15) is 18.9 Å². The summed E-state index contributed by atoms with van der Waals surface area (Å²) in [6.45, 7) is 4.63. The van der Waals surface area contributed by atoms with E-state index in [1.54, 1.807) is 23.1 Å². The van der Waals surface area contributed by atoms with Crippen LogP contribution in [0.25, 0.3) is 0 Å². The molecule has 0 spiro atoms. The normalized spacial score (nSPS) is 18.7. The fourth-order valence-electron chi connectivity index (χ4n) is 2.27. The number of benzene rings is 1. The molecule has 1 heterocycles. The molecule has 0 saturated carbocycles. The van der Waals surface area contributed by atoms with Crippen LogP contribution in [0.15, 0.2) is 18.2 Å². The van der Waals surface area contributed by atoms with Crippen molar-refractivity contribution in [2.75, 3.05) is 24.1 Å². The first kappa shape index (κ1) is 13.4. The Morgan fingerprint density at radius 2 is 2.26 bits per heavy atom. The maximum atomic E-state index is 11.9. The predicted molar refractivity (Wildman–Crippen MR) is 74.6 cm³/mol. The van der Waals surface area contributed by atoms with Crippen molar-refractivity contribution in [2.45, 2.75) is 20.3 Å². The van der Waals surface area contributed by atoms with E-state index in [4.69, 9.17) is 5.73 Å². The summed E-state index contributed by atoms with van der Waals surface area (Å²) in [7, 11) is 0. The van der Waals surface area contributed by atoms with E-state index in [1.165, 1.54) is 0 Å². The summed E-state index contributed by atoms with van der Waals surface area (Å²) in [6.07, 6.45) is 0.532. The van der Waals surface area contributed by atoms with Crippen LogP contribution in [0, 0.1) is 12.8 Å². The van der Waals surface area contributed by atoms with Crippen LogP contribution in [0.3, 0.4) is 0 Å². The molecule has 1 atom stereocenters. The molecule has 0 radical (unpaired) electrons. The average molecular weight is 261 g/mol. The van der Waals surface area contributed by atoms with Crippen molar-refractivity contribution < 1.29 is 9.59 Å². The van der Waals surface area contributed by atoms with Crippen LogP contribution in [-0.2, 0) is 9.59 Å². The number of nitrogen functional groups attached to an aromatic ring is 1. The number of nitrogens with zero attached hydrogens (tertiary/aromatic N) is 1. The van der Waals surface area contributed by atoms with Crippen LogP contribution in [0.2, 0.25) is 0 Å². The number of hydrogen-bond donors (Lipinski definition) is 2. The Labute approximate surface area is 112 Å². The molecule has 2 rings (SSSR count). The number of anilines is 2. The Morgan fingerprint density at radius 3 is 2.89 bits per heavy atom. The first-order valence-electron chi connectivity index (χ1n) is 6.40. The molecule has 2 amide bonds. The van der Waals surface area contributed by atoms with Gasteiger partial charge in [0.1, 0.15) is 0 Å². The molecule has 5 heteroatoms. The van der Waals surface area contributed by atoms with Gasteiger partial charge in [0.2, 0.25) is 11.8 Å². The van der Waals surface area contributed by atoms with Gasteiger partial charge >= 0.3 is 0 Å². The number of carbonyl (C=O) groups excluding carboxylic acids is 2. The number of nitrogens with one attached hydrogen (secondary N) is 1. The Bertz CT molecular complexity index is 513. The largest absolute Gasteiger partial charge is 0.398 e. The molecule has 1 aliphatic heterocycles. The average Bonchev–Trinajstić information content (AvgIpc) is 2.64. The molecule has 1 saturated heterocycles. The summed E-state index contributed by atoms with van der Waals surface area (Å²) >= 11 is 0. The molecule has 1 fully saturated rings. The summed E-state index contributed by atoms with van der Waals surface area (Å²) in [5, 5.41) is 2.80. The Kier molecular flexibility index (Phi) is 3.74. The van der Waals surface area contributed by atoms with E-state index in [0.717, 1.165) is 5.56 Å². The van der Waals surface area contributed by atoms with Gasteiger partial charge in [-0.05, 0) is 30.5 Å². The second-order valence-electron chi connectivity index (χ2n) is 5.15. The number of nitrogens with two attached hydrogens (primary N) is 1. The highest BCUT2D eigenvalue weighted by atomic mass is 16.2. The van der Waals surface area contributed by atoms with E-state index >= 15 is 0 Å². The molecule has 1 aromatic rings. The topological polar surface area (TPSA) is 75.4 Å². The van der Waals surface area contributed by atoms with Crippen molar-refractivity contribution in [3.63, 3.8) is 0 Å². The summed E-state index contributed by atoms with van der Waals surface area (Å²) < 4.78 is 0. The van der Waals surface area contributed by atoms with E-state index < -0.39 is 0 Å². The molecular formula is C14H19N3O2. The van der Waals surface area contributed by atoms with E-state index in [2.05, 4.69) is 5.32 Å². The molecule has 0 bridgehead atoms.